The Morgan fingerprint density at radius 3 is 0.966 bits per heavy atom. The van der Waals surface area contributed by atoms with Crippen LogP contribution >= 0.6 is 0 Å². The highest BCUT2D eigenvalue weighted by Crippen LogP contribution is 2.74. The summed E-state index contributed by atoms with van der Waals surface area (Å²) >= 11 is 0. The van der Waals surface area contributed by atoms with Crippen LogP contribution in [0, 0.1) is 156 Å². The normalized spacial score (nSPS) is 50.0. The Labute approximate surface area is 860 Å². The predicted molar refractivity (Wildman–Crippen MR) is 547 cm³/mol. The van der Waals surface area contributed by atoms with Crippen molar-refractivity contribution in [3.05, 3.63) is 35.9 Å². The van der Waals surface area contributed by atoms with Gasteiger partial charge in [-0.1, -0.05) is 58.0 Å². The highest BCUT2D eigenvalue weighted by atomic mass is 16.3. The van der Waals surface area contributed by atoms with Gasteiger partial charge >= 0.3 is 0 Å². The number of carbonyl (C=O) groups is 9. The largest absolute Gasteiger partial charge is 0.390 e. The first kappa shape index (κ1) is 98.5. The van der Waals surface area contributed by atoms with Gasteiger partial charge in [0.1, 0.15) is 0 Å². The molecule has 36 fully saturated rings. The fourth-order valence-electron chi connectivity index (χ4n) is 44.3. The molecule has 6 heterocycles. The van der Waals surface area contributed by atoms with E-state index in [1.54, 1.807) is 6.92 Å². The second-order valence-corrected chi connectivity index (χ2v) is 60.1. The molecular weight excluding hydrogens is 1820 g/mol. The van der Waals surface area contributed by atoms with Crippen LogP contribution in [0.2, 0.25) is 0 Å². The first-order valence-electron chi connectivity index (χ1n) is 59.2. The zero-order chi connectivity index (χ0) is 101. The van der Waals surface area contributed by atoms with E-state index in [0.29, 0.717) is 109 Å². The Morgan fingerprint density at radius 1 is 0.317 bits per heavy atom. The number of nitrogens with one attached hydrogen (secondary N) is 3. The van der Waals surface area contributed by atoms with E-state index in [9.17, 15) is 58.5 Å². The minimum atomic E-state index is -0.806. The highest BCUT2D eigenvalue weighted by Gasteiger charge is 2.73. The number of nitrogens with zero attached hydrogens (tertiary/aromatic N) is 6. The summed E-state index contributed by atoms with van der Waals surface area (Å²) in [5.74, 6) is 14.1. The van der Waals surface area contributed by atoms with Crippen LogP contribution in [0.5, 0.6) is 0 Å². The van der Waals surface area contributed by atoms with Gasteiger partial charge in [-0.05, 0) is 439 Å². The molecule has 9 amide bonds. The molecule has 27 nitrogen and oxygen atoms in total. The third-order valence-electron chi connectivity index (χ3n) is 47.4. The number of fused-ring (bicyclic) bond motifs is 6. The molecule has 145 heavy (non-hydrogen) atoms. The molecule has 1 aromatic rings. The van der Waals surface area contributed by atoms with Gasteiger partial charge < -0.3 is 95.1 Å². The fourth-order valence-corrected chi connectivity index (χ4v) is 44.3. The SMILES string of the molecule is CC(=O)NC12CC3CC(C1)CC([C@H](N)C(=O)N1CC[C@@H]4CC41)(C3)C2.CC(C)C(=O)NC12CC3CC(C1)CC([C@H](N)C(=O)N1CC[C@@H]4CC41)(C3)C2.CC12CC3(C)CC(O)(C1)CC([C@H](N)C(=O)N1CC[C@@H]4CC41)(C2)C3.N[C@H](C(=O)N1CC2CC2C1)C12CC3CC(CC(C3)C1)C2.N[C@H](C(=O)N1CC2CC2C1)C12CC3CC(O)(CC(O)(C3)C1)C2.N[C@H](C(=O)N1CC[C@@H]2CC21)C12CC3CC(CC(NC(=O)Cc4ccccc4)(C3)C1)C2. The Kier molecular flexibility index (Phi) is 23.1. The van der Waals surface area contributed by atoms with Crippen LogP contribution in [0.1, 0.15) is 336 Å². The third kappa shape index (κ3) is 17.4. The first-order valence-corrected chi connectivity index (χ1v) is 59.2. The molecule has 24 bridgehead atoms. The second kappa shape index (κ2) is 34.0. The van der Waals surface area contributed by atoms with Gasteiger partial charge in [0, 0.05) is 118 Å². The van der Waals surface area contributed by atoms with Gasteiger partial charge in [-0.2, -0.15) is 0 Å². The van der Waals surface area contributed by atoms with Crippen LogP contribution in [-0.4, -0.2) is 244 Å². The van der Waals surface area contributed by atoms with Crippen LogP contribution in [0.15, 0.2) is 30.3 Å². The lowest BCUT2D eigenvalue weighted by molar-refractivity contribution is -0.234. The smallest absolute Gasteiger partial charge is 0.240 e. The molecule has 18 N–H and O–H groups in total. The monoisotopic (exact) mass is 2000 g/mol. The first-order chi connectivity index (χ1) is 68.7. The van der Waals surface area contributed by atoms with E-state index < -0.39 is 40.3 Å². The molecular formula is C118H177N15O12. The fraction of sp³-hybridized carbons (Fsp3) is 0.873. The van der Waals surface area contributed by atoms with E-state index in [1.807, 2.05) is 49.1 Å². The van der Waals surface area contributed by atoms with Gasteiger partial charge in [-0.3, -0.25) is 43.2 Å². The number of hydrogen-bond acceptors (Lipinski definition) is 18. The molecule has 6 saturated heterocycles. The summed E-state index contributed by atoms with van der Waals surface area (Å²) in [6.07, 6.45) is 49.6. The zero-order valence-electron chi connectivity index (χ0n) is 88.2. The topological polar surface area (TPSA) is 426 Å². The summed E-state index contributed by atoms with van der Waals surface area (Å²) in [5, 5.41) is 43.0. The number of carbonyl (C=O) groups excluding carboxylic acids is 9. The summed E-state index contributed by atoms with van der Waals surface area (Å²) in [6, 6.07) is 9.53. The van der Waals surface area contributed by atoms with Crippen molar-refractivity contribution in [2.45, 2.75) is 430 Å². The lowest BCUT2D eigenvalue weighted by Gasteiger charge is -2.69. The number of rotatable bonds is 18. The number of benzene rings is 1. The maximum atomic E-state index is 13.4. The summed E-state index contributed by atoms with van der Waals surface area (Å²) in [5.41, 5.74) is 37.9. The van der Waals surface area contributed by atoms with E-state index >= 15 is 0 Å². The van der Waals surface area contributed by atoms with Crippen molar-refractivity contribution in [2.75, 3.05) is 52.4 Å². The van der Waals surface area contributed by atoms with Crippen LogP contribution in [0.3, 0.4) is 0 Å². The second-order valence-electron chi connectivity index (χ2n) is 60.1. The molecule has 0 aromatic heterocycles. The molecule has 30 aliphatic carbocycles. The van der Waals surface area contributed by atoms with E-state index in [0.717, 1.165) is 285 Å². The quantitative estimate of drug-likeness (QED) is 0.0650. The minimum Gasteiger partial charge on any atom is -0.390 e. The number of likely N-dealkylation sites (tertiary alicyclic amines) is 6. The number of hydrogen-bond donors (Lipinski definition) is 12. The third-order valence-corrected chi connectivity index (χ3v) is 47.4. The van der Waals surface area contributed by atoms with Crippen molar-refractivity contribution in [3.8, 4) is 0 Å². The molecule has 36 aliphatic rings. The number of amides is 9. The summed E-state index contributed by atoms with van der Waals surface area (Å²) in [4.78, 5) is 128. The summed E-state index contributed by atoms with van der Waals surface area (Å²) in [6.45, 7) is 17.5. The number of nitrogens with two attached hydrogens (primary N) is 6. The molecule has 18 unspecified atom stereocenters. The zero-order valence-corrected chi connectivity index (χ0v) is 88.2. The maximum absolute atomic E-state index is 13.4. The lowest BCUT2D eigenvalue weighted by Crippen LogP contribution is -2.69. The molecule has 28 atom stereocenters. The van der Waals surface area contributed by atoms with Crippen LogP contribution in [-0.2, 0) is 49.6 Å². The van der Waals surface area contributed by atoms with E-state index in [4.69, 9.17) is 34.4 Å². The van der Waals surface area contributed by atoms with Crippen LogP contribution in [0.25, 0.3) is 0 Å². The summed E-state index contributed by atoms with van der Waals surface area (Å²) < 4.78 is 0. The molecule has 37 rings (SSSR count). The molecule has 27 heteroatoms. The van der Waals surface area contributed by atoms with E-state index in [-0.39, 0.29) is 126 Å². The number of piperidine rings is 6. The highest BCUT2D eigenvalue weighted by molar-refractivity contribution is 5.88. The van der Waals surface area contributed by atoms with Gasteiger partial charge in [-0.15, -0.1) is 0 Å². The molecule has 796 valence electrons. The Balaban J connectivity index is 0.0000000889. The van der Waals surface area contributed by atoms with Gasteiger partial charge in [0.05, 0.1) is 59.5 Å². The van der Waals surface area contributed by atoms with Crippen molar-refractivity contribution in [1.82, 2.24) is 45.3 Å². The van der Waals surface area contributed by atoms with E-state index in [1.165, 1.54) is 103 Å². The van der Waals surface area contributed by atoms with E-state index in [2.05, 4.69) is 54.3 Å². The Hall–Kier alpha value is -5.91. The van der Waals surface area contributed by atoms with Crippen LogP contribution < -0.4 is 50.4 Å². The van der Waals surface area contributed by atoms with Crippen molar-refractivity contribution in [2.24, 2.45) is 190 Å². The van der Waals surface area contributed by atoms with Crippen molar-refractivity contribution in [1.29, 1.82) is 0 Å². The average Bonchev–Trinajstić information content (AvgIpc) is 1.57. The molecule has 6 aliphatic heterocycles. The van der Waals surface area contributed by atoms with Gasteiger partial charge in [0.15, 0.2) is 0 Å². The molecule has 30 saturated carbocycles. The van der Waals surface area contributed by atoms with Crippen LogP contribution in [0.4, 0.5) is 0 Å². The van der Waals surface area contributed by atoms with Crippen molar-refractivity contribution >= 4 is 53.2 Å². The molecule has 1 aromatic carbocycles. The lowest BCUT2D eigenvalue weighted by atomic mass is 9.38. The predicted octanol–water partition coefficient (Wildman–Crippen LogP) is 10.4. The van der Waals surface area contributed by atoms with Crippen molar-refractivity contribution < 1.29 is 58.5 Å². The maximum Gasteiger partial charge on any atom is 0.240 e. The Morgan fingerprint density at radius 2 is 0.634 bits per heavy atom. The molecule has 0 spiro atoms. The Bertz CT molecular complexity index is 5190. The van der Waals surface area contributed by atoms with Gasteiger partial charge in [-0.25, -0.2) is 0 Å². The standard InChI is InChI=1S/C25H33N3O2.C21H33N3O2.C19H29N3O2.C19H30N2O2.C17H26N2O3.C17H26N2O/c26-22(23(30)28-7-6-19-10-20(19)28)24-11-17-8-18(12-24)14-25(13-17,15-24)27-21(29)9-16-4-2-1-3-5-16;1-12(2)18(25)23-21-9-13-5-14(10-21)8-20(7-13,11-21)17(22)19(26)24-4-3-15-6-16(15)24;1-11(23)21-19-8-12-4-13(9-19)7-18(6-12,10-19)16(20)17(24)22-3-2-14-5-15(14)22;1-16-6-17(2)8-18(7-16,11-19(23,9-16)10-17)14(20)15(22)21-4-3-12-5-13(12)21;18-13(14(20)19-5-11-1-12(11)6-19)15-2-10-3-16(21,7-15)9-17(22,4-10)8-15;18-15(16(20)19-8-13-4-14(13)9-19)17-5-10-1-11(6-17)3-12(2-10)7-17/h1-5,17-20,22H,6-15,26H2,(H,27,29);12-17H,3-11,22H2,1-2H3,(H,23,25);12-16H,2-10,20H2,1H3,(H,21,23);12-14,23H,3-11,20H2,1-2H3;10-13,21-22H,1-9,18H2;10-15H,1-9,18H2/t17?,18?,19-,20?,22-,24?,25?;13?,14?,15-,16?,17-,20?,21?;12?,13?,14-,15?,16-,18?,19?;12-,13?,14-,16?,17?,18?,19?;10?,11?,12?,13-,15?,16?,17?;10?,11?,12?,13?,14?,15-,17?/m111111/s1. The number of aliphatic hydroxyl groups is 3. The minimum absolute atomic E-state index is 0.00524. The van der Waals surface area contributed by atoms with Gasteiger partial charge in [0.2, 0.25) is 53.2 Å². The van der Waals surface area contributed by atoms with Crippen molar-refractivity contribution in [3.63, 3.8) is 0 Å². The average molecular weight is 2000 g/mol. The molecule has 0 radical (unpaired) electrons. The summed E-state index contributed by atoms with van der Waals surface area (Å²) in [7, 11) is 0. The van der Waals surface area contributed by atoms with Gasteiger partial charge in [0.25, 0.3) is 0 Å².